The lowest BCUT2D eigenvalue weighted by atomic mass is 10.0. The molecule has 2 aromatic rings. The number of ether oxygens (including phenoxy) is 1. The molecular formula is C21H28N4O. The van der Waals surface area contributed by atoms with E-state index in [4.69, 9.17) is 9.72 Å². The number of rotatable bonds is 5. The van der Waals surface area contributed by atoms with Crippen molar-refractivity contribution in [1.29, 1.82) is 0 Å². The lowest BCUT2D eigenvalue weighted by Crippen LogP contribution is -2.45. The van der Waals surface area contributed by atoms with Gasteiger partial charge in [-0.3, -0.25) is 9.80 Å². The van der Waals surface area contributed by atoms with Crippen LogP contribution in [-0.4, -0.2) is 52.6 Å². The highest BCUT2D eigenvalue weighted by molar-refractivity contribution is 5.14. The average Bonchev–Trinajstić information content (AvgIpc) is 3.13. The fourth-order valence-electron chi connectivity index (χ4n) is 3.87. The maximum Gasteiger partial charge on any atom is 0.160 e. The van der Waals surface area contributed by atoms with Crippen LogP contribution >= 0.6 is 0 Å². The van der Waals surface area contributed by atoms with E-state index >= 15 is 0 Å². The Bertz CT molecular complexity index is 707. The first kappa shape index (κ1) is 17.6. The average molecular weight is 352 g/mol. The Morgan fingerprint density at radius 2 is 1.73 bits per heavy atom. The van der Waals surface area contributed by atoms with Crippen molar-refractivity contribution in [2.24, 2.45) is 0 Å². The Labute approximate surface area is 156 Å². The Kier molecular flexibility index (Phi) is 5.29. The van der Waals surface area contributed by atoms with E-state index in [9.17, 15) is 0 Å². The SMILES string of the molecule is CC1(c2nccc(CN3CCN(Cc4ccccc4)CC3)n2)CCCO1. The van der Waals surface area contributed by atoms with Crippen LogP contribution in [-0.2, 0) is 23.4 Å². The van der Waals surface area contributed by atoms with E-state index in [0.717, 1.165) is 70.2 Å². The third-order valence-electron chi connectivity index (χ3n) is 5.50. The van der Waals surface area contributed by atoms with Crippen LogP contribution in [0.25, 0.3) is 0 Å². The van der Waals surface area contributed by atoms with Crippen molar-refractivity contribution in [3.63, 3.8) is 0 Å². The minimum absolute atomic E-state index is 0.301. The van der Waals surface area contributed by atoms with Gasteiger partial charge in [0.1, 0.15) is 5.60 Å². The number of aromatic nitrogens is 2. The predicted octanol–water partition coefficient (Wildman–Crippen LogP) is 2.82. The molecule has 26 heavy (non-hydrogen) atoms. The summed E-state index contributed by atoms with van der Waals surface area (Å²) < 4.78 is 5.90. The smallest absolute Gasteiger partial charge is 0.160 e. The zero-order valence-electron chi connectivity index (χ0n) is 15.6. The van der Waals surface area contributed by atoms with E-state index < -0.39 is 0 Å². The Morgan fingerprint density at radius 3 is 2.42 bits per heavy atom. The molecule has 2 aliphatic heterocycles. The van der Waals surface area contributed by atoms with Crippen LogP contribution in [0.15, 0.2) is 42.6 Å². The third kappa shape index (κ3) is 4.11. The van der Waals surface area contributed by atoms with Gasteiger partial charge in [0.2, 0.25) is 0 Å². The molecule has 1 aromatic carbocycles. The van der Waals surface area contributed by atoms with Crippen molar-refractivity contribution >= 4 is 0 Å². The normalized spacial score (nSPS) is 24.8. The topological polar surface area (TPSA) is 41.5 Å². The van der Waals surface area contributed by atoms with Gasteiger partial charge in [0.05, 0.1) is 5.69 Å². The number of piperazine rings is 1. The molecule has 138 valence electrons. The van der Waals surface area contributed by atoms with Gasteiger partial charge in [-0.1, -0.05) is 30.3 Å². The van der Waals surface area contributed by atoms with Gasteiger partial charge in [-0.25, -0.2) is 9.97 Å². The van der Waals surface area contributed by atoms with E-state index in [1.165, 1.54) is 5.56 Å². The molecule has 0 aliphatic carbocycles. The van der Waals surface area contributed by atoms with Crippen LogP contribution in [0, 0.1) is 0 Å². The second-order valence-corrected chi connectivity index (χ2v) is 7.59. The van der Waals surface area contributed by atoms with Crippen LogP contribution in [0.1, 0.15) is 36.8 Å². The largest absolute Gasteiger partial charge is 0.367 e. The molecule has 2 saturated heterocycles. The molecule has 0 spiro atoms. The minimum atomic E-state index is -0.301. The zero-order valence-corrected chi connectivity index (χ0v) is 15.6. The molecule has 0 N–H and O–H groups in total. The monoisotopic (exact) mass is 352 g/mol. The maximum atomic E-state index is 5.90. The molecule has 0 amide bonds. The molecule has 4 rings (SSSR count). The van der Waals surface area contributed by atoms with E-state index in [-0.39, 0.29) is 5.60 Å². The van der Waals surface area contributed by atoms with Gasteiger partial charge in [0, 0.05) is 52.1 Å². The summed E-state index contributed by atoms with van der Waals surface area (Å²) in [5.41, 5.74) is 2.19. The molecule has 1 aromatic heterocycles. The molecular weight excluding hydrogens is 324 g/mol. The van der Waals surface area contributed by atoms with Crippen LogP contribution < -0.4 is 0 Å². The highest BCUT2D eigenvalue weighted by Crippen LogP contribution is 2.33. The van der Waals surface area contributed by atoms with Crippen molar-refractivity contribution < 1.29 is 4.74 Å². The van der Waals surface area contributed by atoms with E-state index in [1.807, 2.05) is 12.3 Å². The molecule has 5 nitrogen and oxygen atoms in total. The summed E-state index contributed by atoms with van der Waals surface area (Å²) in [4.78, 5) is 14.3. The van der Waals surface area contributed by atoms with Crippen LogP contribution in [0.5, 0.6) is 0 Å². The Hall–Kier alpha value is -1.82. The summed E-state index contributed by atoms with van der Waals surface area (Å²) in [5.74, 6) is 0.843. The standard InChI is InChI=1S/C21H28N4O/c1-21(9-5-15-26-21)20-22-10-8-19(23-20)17-25-13-11-24(12-14-25)16-18-6-3-2-4-7-18/h2-4,6-8,10H,5,9,11-17H2,1H3. The van der Waals surface area contributed by atoms with E-state index in [2.05, 4.69) is 52.0 Å². The third-order valence-corrected chi connectivity index (χ3v) is 5.50. The van der Waals surface area contributed by atoms with Gasteiger partial charge in [-0.05, 0) is 31.4 Å². The van der Waals surface area contributed by atoms with Crippen LogP contribution in [0.2, 0.25) is 0 Å². The first-order valence-corrected chi connectivity index (χ1v) is 9.66. The molecule has 3 heterocycles. The number of nitrogens with zero attached hydrogens (tertiary/aromatic N) is 4. The number of hydrogen-bond acceptors (Lipinski definition) is 5. The molecule has 2 fully saturated rings. The first-order valence-electron chi connectivity index (χ1n) is 9.66. The second kappa shape index (κ2) is 7.82. The highest BCUT2D eigenvalue weighted by Gasteiger charge is 2.34. The lowest BCUT2D eigenvalue weighted by Gasteiger charge is -2.34. The molecule has 0 bridgehead atoms. The van der Waals surface area contributed by atoms with Crippen LogP contribution in [0.3, 0.4) is 0 Å². The fraction of sp³-hybridized carbons (Fsp3) is 0.524. The molecule has 0 saturated carbocycles. The summed E-state index contributed by atoms with van der Waals surface area (Å²) in [7, 11) is 0. The van der Waals surface area contributed by atoms with Gasteiger partial charge >= 0.3 is 0 Å². The zero-order chi connectivity index (χ0) is 17.8. The van der Waals surface area contributed by atoms with Crippen molar-refractivity contribution in [3.8, 4) is 0 Å². The Balaban J connectivity index is 1.32. The minimum Gasteiger partial charge on any atom is -0.367 e. The van der Waals surface area contributed by atoms with Crippen LogP contribution in [0.4, 0.5) is 0 Å². The molecule has 1 atom stereocenters. The molecule has 2 aliphatic rings. The van der Waals surface area contributed by atoms with Crippen molar-refractivity contribution in [2.45, 2.75) is 38.5 Å². The fourth-order valence-corrected chi connectivity index (χ4v) is 3.87. The van der Waals surface area contributed by atoms with Crippen molar-refractivity contribution in [1.82, 2.24) is 19.8 Å². The quantitative estimate of drug-likeness (QED) is 0.828. The first-order chi connectivity index (χ1) is 12.7. The second-order valence-electron chi connectivity index (χ2n) is 7.59. The van der Waals surface area contributed by atoms with Gasteiger partial charge in [0.15, 0.2) is 5.82 Å². The van der Waals surface area contributed by atoms with Crippen molar-refractivity contribution in [3.05, 3.63) is 59.7 Å². The Morgan fingerprint density at radius 1 is 1.00 bits per heavy atom. The van der Waals surface area contributed by atoms with Gasteiger partial charge in [-0.15, -0.1) is 0 Å². The number of hydrogen-bond donors (Lipinski definition) is 0. The number of benzene rings is 1. The summed E-state index contributed by atoms with van der Waals surface area (Å²) >= 11 is 0. The predicted molar refractivity (Wildman–Crippen MR) is 102 cm³/mol. The van der Waals surface area contributed by atoms with Gasteiger partial charge < -0.3 is 4.74 Å². The summed E-state index contributed by atoms with van der Waals surface area (Å²) in [6, 6.07) is 12.8. The summed E-state index contributed by atoms with van der Waals surface area (Å²) in [6.07, 6.45) is 3.98. The molecule has 1 unspecified atom stereocenters. The molecule has 5 heteroatoms. The summed E-state index contributed by atoms with van der Waals surface area (Å²) in [6.45, 7) is 9.24. The van der Waals surface area contributed by atoms with Crippen molar-refractivity contribution in [2.75, 3.05) is 32.8 Å². The molecule has 0 radical (unpaired) electrons. The summed E-state index contributed by atoms with van der Waals surface area (Å²) in [5, 5.41) is 0. The maximum absolute atomic E-state index is 5.90. The van der Waals surface area contributed by atoms with E-state index in [0.29, 0.717) is 0 Å². The lowest BCUT2D eigenvalue weighted by molar-refractivity contribution is 0.00895. The van der Waals surface area contributed by atoms with Gasteiger partial charge in [-0.2, -0.15) is 0 Å². The van der Waals surface area contributed by atoms with E-state index in [1.54, 1.807) is 0 Å². The van der Waals surface area contributed by atoms with Gasteiger partial charge in [0.25, 0.3) is 0 Å². The highest BCUT2D eigenvalue weighted by atomic mass is 16.5.